The highest BCUT2D eigenvalue weighted by atomic mass is 32.1. The van der Waals surface area contributed by atoms with Gasteiger partial charge in [0, 0.05) is 69.0 Å². The van der Waals surface area contributed by atoms with Crippen LogP contribution in [0.25, 0.3) is 113 Å². The van der Waals surface area contributed by atoms with Crippen molar-refractivity contribution in [1.82, 2.24) is 9.38 Å². The molecule has 52 heavy (non-hydrogen) atoms. The van der Waals surface area contributed by atoms with E-state index in [0.717, 1.165) is 16.8 Å². The van der Waals surface area contributed by atoms with Crippen molar-refractivity contribution in [2.24, 2.45) is 0 Å². The molecule has 0 fully saturated rings. The molecule has 0 atom stereocenters. The molecule has 0 bridgehead atoms. The summed E-state index contributed by atoms with van der Waals surface area (Å²) in [5.74, 6) is 0. The number of thiophene rings is 1. The van der Waals surface area contributed by atoms with Crippen LogP contribution in [0.5, 0.6) is 0 Å². The Bertz CT molecular complexity index is 3320. The molecule has 0 saturated heterocycles. The van der Waals surface area contributed by atoms with Crippen molar-refractivity contribution in [2.45, 2.75) is 0 Å². The van der Waals surface area contributed by atoms with Gasteiger partial charge in [0.2, 0.25) is 0 Å². The summed E-state index contributed by atoms with van der Waals surface area (Å²) in [4.78, 5) is 5.37. The second kappa shape index (κ2) is 10.5. The maximum Gasteiger partial charge on any atom is 0.0788 e. The van der Waals surface area contributed by atoms with Gasteiger partial charge in [0.15, 0.2) is 0 Å². The molecule has 12 aromatic rings. The molecule has 0 saturated carbocycles. The van der Waals surface area contributed by atoms with E-state index >= 15 is 0 Å². The van der Waals surface area contributed by atoms with E-state index in [-0.39, 0.29) is 0 Å². The van der Waals surface area contributed by atoms with Crippen LogP contribution in [-0.2, 0) is 0 Å². The summed E-state index contributed by atoms with van der Waals surface area (Å²) < 4.78 is 5.06. The lowest BCUT2D eigenvalue weighted by atomic mass is 9.88. The predicted octanol–water partition coefficient (Wildman–Crippen LogP) is 13.9. The van der Waals surface area contributed by atoms with E-state index in [1.54, 1.807) is 0 Å². The number of nitrogens with zero attached hydrogens (tertiary/aromatic N) is 2. The Labute approximate surface area is 302 Å². The molecule has 4 heterocycles. The third kappa shape index (κ3) is 3.75. The van der Waals surface area contributed by atoms with Gasteiger partial charge in [-0.05, 0) is 59.2 Å². The molecule has 3 heteroatoms. The number of para-hydroxylation sites is 3. The molecular formula is C49H28N2S. The van der Waals surface area contributed by atoms with Crippen molar-refractivity contribution in [3.8, 4) is 33.5 Å². The molecule has 8 aromatic carbocycles. The first-order chi connectivity index (χ1) is 25.8. The van der Waals surface area contributed by atoms with Gasteiger partial charge in [-0.2, -0.15) is 0 Å². The molecule has 0 unspecified atom stereocenters. The molecule has 0 aliphatic heterocycles. The second-order valence-corrected chi connectivity index (χ2v) is 14.9. The molecule has 0 spiro atoms. The maximum atomic E-state index is 5.37. The fourth-order valence-electron chi connectivity index (χ4n) is 8.92. The summed E-state index contributed by atoms with van der Waals surface area (Å²) in [6.45, 7) is 0. The van der Waals surface area contributed by atoms with E-state index in [9.17, 15) is 0 Å². The van der Waals surface area contributed by atoms with Gasteiger partial charge in [0.1, 0.15) is 0 Å². The first-order valence-electron chi connectivity index (χ1n) is 17.8. The van der Waals surface area contributed by atoms with Crippen molar-refractivity contribution < 1.29 is 0 Å². The fourth-order valence-corrected chi connectivity index (χ4v) is 10.2. The Kier molecular flexibility index (Phi) is 5.68. The van der Waals surface area contributed by atoms with Crippen LogP contribution >= 0.6 is 11.3 Å². The maximum absolute atomic E-state index is 5.37. The van der Waals surface area contributed by atoms with Crippen LogP contribution in [0.3, 0.4) is 0 Å². The van der Waals surface area contributed by atoms with Crippen molar-refractivity contribution in [1.29, 1.82) is 0 Å². The lowest BCUT2D eigenvalue weighted by Gasteiger charge is -2.16. The number of fused-ring (bicyclic) bond motifs is 13. The highest BCUT2D eigenvalue weighted by molar-refractivity contribution is 7.26. The third-order valence-electron chi connectivity index (χ3n) is 11.1. The van der Waals surface area contributed by atoms with Gasteiger partial charge >= 0.3 is 0 Å². The Morgan fingerprint density at radius 1 is 0.404 bits per heavy atom. The van der Waals surface area contributed by atoms with Crippen molar-refractivity contribution in [3.63, 3.8) is 0 Å². The van der Waals surface area contributed by atoms with Gasteiger partial charge in [0.05, 0.1) is 27.8 Å². The Morgan fingerprint density at radius 2 is 1.00 bits per heavy atom. The minimum absolute atomic E-state index is 1.02. The molecular weight excluding hydrogens is 649 g/mol. The van der Waals surface area contributed by atoms with Gasteiger partial charge < -0.3 is 4.40 Å². The number of rotatable bonds is 3. The highest BCUT2D eigenvalue weighted by Gasteiger charge is 2.23. The molecule has 0 amide bonds. The quantitative estimate of drug-likeness (QED) is 0.170. The Hall–Kier alpha value is -6.55. The minimum Gasteiger partial charge on any atom is -0.308 e. The number of hydrogen-bond acceptors (Lipinski definition) is 2. The normalized spacial score (nSPS) is 12.2. The fraction of sp³-hybridized carbons (Fsp3) is 0. The van der Waals surface area contributed by atoms with E-state index in [2.05, 4.69) is 174 Å². The van der Waals surface area contributed by atoms with Crippen LogP contribution in [0, 0.1) is 0 Å². The van der Waals surface area contributed by atoms with E-state index in [4.69, 9.17) is 4.98 Å². The molecule has 0 aliphatic rings. The standard InChI is InChI=1S/C49H28N2S/c1-2-14-29(15-3-1)47-40-28-39(49-46(36-21-9-13-25-44(36)52-49)45(40)35-20-6-10-22-41(35)50-47)32-17-5-4-16-31(32)30-26-37-33-18-7-11-23-42(33)51-43-24-12-8-19-34(43)38(27-30)48(37)51/h1-28H. The Balaban J connectivity index is 1.24. The summed E-state index contributed by atoms with van der Waals surface area (Å²) in [7, 11) is 0. The highest BCUT2D eigenvalue weighted by Crippen LogP contribution is 2.50. The van der Waals surface area contributed by atoms with Crippen molar-refractivity contribution in [3.05, 3.63) is 170 Å². The Morgan fingerprint density at radius 3 is 1.75 bits per heavy atom. The zero-order valence-corrected chi connectivity index (χ0v) is 28.8. The van der Waals surface area contributed by atoms with Crippen LogP contribution in [0.4, 0.5) is 0 Å². The summed E-state index contributed by atoms with van der Waals surface area (Å²) in [5.41, 5.74) is 11.9. The number of benzene rings is 8. The van der Waals surface area contributed by atoms with Crippen LogP contribution in [0.1, 0.15) is 0 Å². The van der Waals surface area contributed by atoms with Gasteiger partial charge in [0.25, 0.3) is 0 Å². The topological polar surface area (TPSA) is 17.3 Å². The lowest BCUT2D eigenvalue weighted by Crippen LogP contribution is -1.92. The summed E-state index contributed by atoms with van der Waals surface area (Å²) >= 11 is 1.90. The van der Waals surface area contributed by atoms with Gasteiger partial charge in [-0.15, -0.1) is 11.3 Å². The molecule has 240 valence electrons. The summed E-state index contributed by atoms with van der Waals surface area (Å²) in [6, 6.07) is 62.2. The van der Waals surface area contributed by atoms with E-state index in [1.807, 2.05) is 11.3 Å². The molecule has 4 aromatic heterocycles. The molecule has 2 nitrogen and oxygen atoms in total. The van der Waals surface area contributed by atoms with E-state index in [1.165, 1.54) is 96.7 Å². The van der Waals surface area contributed by atoms with Gasteiger partial charge in [-0.25, -0.2) is 4.98 Å². The number of aromatic nitrogens is 2. The lowest BCUT2D eigenvalue weighted by molar-refractivity contribution is 1.37. The van der Waals surface area contributed by atoms with Crippen LogP contribution < -0.4 is 0 Å². The number of pyridine rings is 1. The van der Waals surface area contributed by atoms with Crippen LogP contribution in [0.2, 0.25) is 0 Å². The van der Waals surface area contributed by atoms with E-state index < -0.39 is 0 Å². The summed E-state index contributed by atoms with van der Waals surface area (Å²) in [5, 5.41) is 11.4. The van der Waals surface area contributed by atoms with Gasteiger partial charge in [-0.3, -0.25) is 0 Å². The van der Waals surface area contributed by atoms with Crippen LogP contribution in [-0.4, -0.2) is 9.38 Å². The largest absolute Gasteiger partial charge is 0.308 e. The van der Waals surface area contributed by atoms with Crippen LogP contribution in [0.15, 0.2) is 170 Å². The zero-order chi connectivity index (χ0) is 33.9. The zero-order valence-electron chi connectivity index (χ0n) is 28.0. The SMILES string of the molecule is c1ccc(-c2nc3ccccc3c3c2cc(-c2ccccc2-c2cc4c5ccccc5n5c6ccccc6c(c2)c45)c2sc4ccccc4c23)cc1. The predicted molar refractivity (Wildman–Crippen MR) is 223 cm³/mol. The van der Waals surface area contributed by atoms with Crippen molar-refractivity contribution >= 4 is 91.3 Å². The average Bonchev–Trinajstić information content (AvgIpc) is 3.88. The first-order valence-corrected chi connectivity index (χ1v) is 18.6. The molecule has 0 N–H and O–H groups in total. The average molecular weight is 677 g/mol. The summed E-state index contributed by atoms with van der Waals surface area (Å²) in [6.07, 6.45) is 0. The molecule has 12 rings (SSSR count). The van der Waals surface area contributed by atoms with Crippen molar-refractivity contribution in [2.75, 3.05) is 0 Å². The smallest absolute Gasteiger partial charge is 0.0788 e. The monoisotopic (exact) mass is 676 g/mol. The first kappa shape index (κ1) is 28.2. The number of hydrogen-bond donors (Lipinski definition) is 0. The molecule has 0 aliphatic carbocycles. The van der Waals surface area contributed by atoms with Gasteiger partial charge in [-0.1, -0.05) is 127 Å². The third-order valence-corrected chi connectivity index (χ3v) is 12.3. The van der Waals surface area contributed by atoms with E-state index in [0.29, 0.717) is 0 Å². The molecule has 0 radical (unpaired) electrons. The minimum atomic E-state index is 1.02. The second-order valence-electron chi connectivity index (χ2n) is 13.8.